The summed E-state index contributed by atoms with van der Waals surface area (Å²) in [7, 11) is 1.47. The van der Waals surface area contributed by atoms with Gasteiger partial charge in [0.1, 0.15) is 17.2 Å². The van der Waals surface area contributed by atoms with E-state index in [2.05, 4.69) is 10.3 Å². The molecule has 0 aliphatic heterocycles. The number of imidazole rings is 1. The van der Waals surface area contributed by atoms with Crippen LogP contribution in [0.1, 0.15) is 25.7 Å². The molecule has 3 N–H and O–H groups in total. The molecule has 9 heteroatoms. The number of benzene rings is 1. The predicted octanol–water partition coefficient (Wildman–Crippen LogP) is 5.52. The number of anilines is 2. The monoisotopic (exact) mass is 545 g/mol. The van der Waals surface area contributed by atoms with Gasteiger partial charge in [-0.2, -0.15) is 0 Å². The predicted molar refractivity (Wildman–Crippen MR) is 158 cm³/mol. The molecule has 0 bridgehead atoms. The highest BCUT2D eigenvalue weighted by Crippen LogP contribution is 2.61. The van der Waals surface area contributed by atoms with Crippen LogP contribution in [0.3, 0.4) is 0 Å². The maximum absolute atomic E-state index is 11.7. The quantitative estimate of drug-likeness (QED) is 0.257. The number of ether oxygens (including phenoxy) is 1. The fourth-order valence-corrected chi connectivity index (χ4v) is 6.59. The van der Waals surface area contributed by atoms with Gasteiger partial charge in [0.2, 0.25) is 0 Å². The average Bonchev–Trinajstić information content (AvgIpc) is 3.35. The van der Waals surface area contributed by atoms with Crippen molar-refractivity contribution in [3.8, 4) is 28.3 Å². The number of hydrogen-bond donors (Lipinski definition) is 2. The largest absolute Gasteiger partial charge is 0.469 e. The van der Waals surface area contributed by atoms with E-state index in [1.807, 2.05) is 77.5 Å². The van der Waals surface area contributed by atoms with Gasteiger partial charge in [-0.1, -0.05) is 30.3 Å². The Hall–Kier alpha value is -4.79. The zero-order valence-electron chi connectivity index (χ0n) is 22.8. The first-order chi connectivity index (χ1) is 20.0. The number of carbonyl (C=O) groups excluding carboxylic acids is 1. The highest BCUT2D eigenvalue weighted by atomic mass is 16.5. The van der Waals surface area contributed by atoms with Crippen LogP contribution < -0.4 is 11.1 Å². The van der Waals surface area contributed by atoms with E-state index in [0.29, 0.717) is 23.0 Å². The van der Waals surface area contributed by atoms with Crippen molar-refractivity contribution in [2.45, 2.75) is 25.7 Å². The summed E-state index contributed by atoms with van der Waals surface area (Å²) in [5.74, 6) is 2.51. The Bertz CT molecular complexity index is 1720. The Kier molecular flexibility index (Phi) is 6.14. The normalized spacial score (nSPS) is 21.3. The number of nitrogens with one attached hydrogen (secondary N) is 1. The summed E-state index contributed by atoms with van der Waals surface area (Å²) >= 11 is 0. The molecular weight excluding hydrogens is 514 g/mol. The standard InChI is InChI=1S/C32H31N7O2/c1-41-31(40)22-16-32(17-22)14-20(15-32)18-35-27-12-9-23(19-36-27)39-29(24-8-5-13-34-28(24)33)38-26-11-10-25(37-30(26)39)21-6-3-2-4-7-21/h2-13,19-20,22H,14-18H2,1H3,(H2,33,34)(H,35,36). The number of nitrogens with two attached hydrogens (primary N) is 1. The molecular formula is C32H31N7O2. The summed E-state index contributed by atoms with van der Waals surface area (Å²) in [5.41, 5.74) is 11.6. The average molecular weight is 546 g/mol. The molecule has 2 aliphatic carbocycles. The van der Waals surface area contributed by atoms with Crippen molar-refractivity contribution in [3.63, 3.8) is 0 Å². The molecule has 0 amide bonds. The zero-order chi connectivity index (χ0) is 28.0. The molecule has 2 fully saturated rings. The van der Waals surface area contributed by atoms with E-state index < -0.39 is 0 Å². The van der Waals surface area contributed by atoms with E-state index in [0.717, 1.165) is 71.7 Å². The number of hydrogen-bond acceptors (Lipinski definition) is 8. The Morgan fingerprint density at radius 3 is 2.56 bits per heavy atom. The van der Waals surface area contributed by atoms with Crippen molar-refractivity contribution in [3.05, 3.63) is 79.1 Å². The molecule has 0 radical (unpaired) electrons. The summed E-state index contributed by atoms with van der Waals surface area (Å²) in [6, 6.07) is 21.9. The lowest BCUT2D eigenvalue weighted by Crippen LogP contribution is -2.51. The second-order valence-corrected chi connectivity index (χ2v) is 11.3. The third kappa shape index (κ3) is 4.57. The Balaban J connectivity index is 1.14. The fourth-order valence-electron chi connectivity index (χ4n) is 6.59. The summed E-state index contributed by atoms with van der Waals surface area (Å²) in [4.78, 5) is 30.7. The number of carbonyl (C=O) groups is 1. The van der Waals surface area contributed by atoms with Gasteiger partial charge in [-0.15, -0.1) is 0 Å². The van der Waals surface area contributed by atoms with Crippen LogP contribution in [0, 0.1) is 17.3 Å². The minimum absolute atomic E-state index is 0.0620. The summed E-state index contributed by atoms with van der Waals surface area (Å²) in [6.07, 6.45) is 7.74. The Morgan fingerprint density at radius 1 is 1.00 bits per heavy atom. The number of nitrogens with zero attached hydrogens (tertiary/aromatic N) is 5. The maximum Gasteiger partial charge on any atom is 0.308 e. The van der Waals surface area contributed by atoms with Crippen LogP contribution in [-0.2, 0) is 9.53 Å². The maximum atomic E-state index is 11.7. The lowest BCUT2D eigenvalue weighted by Gasteiger charge is -2.57. The SMILES string of the molecule is COC(=O)C1CC2(CC(CNc3ccc(-n4c(-c5cccnc5N)nc5ccc(-c6ccccc6)nc54)cn3)C2)C1. The van der Waals surface area contributed by atoms with Crippen molar-refractivity contribution in [1.29, 1.82) is 0 Å². The van der Waals surface area contributed by atoms with Crippen molar-refractivity contribution in [1.82, 2.24) is 24.5 Å². The van der Waals surface area contributed by atoms with Crippen molar-refractivity contribution in [2.75, 3.05) is 24.7 Å². The minimum Gasteiger partial charge on any atom is -0.469 e. The van der Waals surface area contributed by atoms with Gasteiger partial charge >= 0.3 is 5.97 Å². The third-order valence-corrected chi connectivity index (χ3v) is 8.57. The van der Waals surface area contributed by atoms with Gasteiger partial charge in [-0.25, -0.2) is 19.9 Å². The van der Waals surface area contributed by atoms with Gasteiger partial charge in [0.15, 0.2) is 11.5 Å². The molecule has 2 saturated carbocycles. The topological polar surface area (TPSA) is 121 Å². The second kappa shape index (κ2) is 9.99. The summed E-state index contributed by atoms with van der Waals surface area (Å²) < 4.78 is 6.89. The van der Waals surface area contributed by atoms with Crippen molar-refractivity contribution < 1.29 is 9.53 Å². The Labute approximate surface area is 237 Å². The van der Waals surface area contributed by atoms with Gasteiger partial charge in [-0.05, 0) is 73.4 Å². The molecule has 0 atom stereocenters. The number of nitrogen functional groups attached to an aromatic ring is 1. The molecule has 9 nitrogen and oxygen atoms in total. The molecule has 41 heavy (non-hydrogen) atoms. The van der Waals surface area contributed by atoms with E-state index in [-0.39, 0.29) is 11.9 Å². The lowest BCUT2D eigenvalue weighted by molar-refractivity contribution is -0.161. The molecule has 7 rings (SSSR count). The smallest absolute Gasteiger partial charge is 0.308 e. The molecule has 4 heterocycles. The molecule has 0 unspecified atom stereocenters. The first kappa shape index (κ1) is 25.2. The zero-order valence-corrected chi connectivity index (χ0v) is 22.8. The molecule has 206 valence electrons. The van der Waals surface area contributed by atoms with E-state index in [1.54, 1.807) is 6.20 Å². The lowest BCUT2D eigenvalue weighted by atomic mass is 9.48. The van der Waals surface area contributed by atoms with Crippen LogP contribution in [0.15, 0.2) is 79.1 Å². The van der Waals surface area contributed by atoms with Gasteiger partial charge in [0.25, 0.3) is 0 Å². The second-order valence-electron chi connectivity index (χ2n) is 11.3. The van der Waals surface area contributed by atoms with Crippen LogP contribution in [0.5, 0.6) is 0 Å². The van der Waals surface area contributed by atoms with Crippen LogP contribution in [0.4, 0.5) is 11.6 Å². The molecule has 1 spiro atoms. The first-order valence-electron chi connectivity index (χ1n) is 14.0. The molecule has 0 saturated heterocycles. The first-order valence-corrected chi connectivity index (χ1v) is 14.0. The van der Waals surface area contributed by atoms with E-state index in [4.69, 9.17) is 25.4 Å². The summed E-state index contributed by atoms with van der Waals surface area (Å²) in [5, 5.41) is 3.50. The van der Waals surface area contributed by atoms with Crippen LogP contribution in [0.2, 0.25) is 0 Å². The van der Waals surface area contributed by atoms with Gasteiger partial charge in [-0.3, -0.25) is 9.36 Å². The number of aromatic nitrogens is 5. The highest BCUT2D eigenvalue weighted by molar-refractivity contribution is 5.84. The van der Waals surface area contributed by atoms with Crippen molar-refractivity contribution in [2.24, 2.45) is 17.3 Å². The van der Waals surface area contributed by atoms with Crippen LogP contribution in [-0.4, -0.2) is 44.1 Å². The van der Waals surface area contributed by atoms with Gasteiger partial charge in [0.05, 0.1) is 36.2 Å². The number of rotatable bonds is 7. The summed E-state index contributed by atoms with van der Waals surface area (Å²) in [6.45, 7) is 0.866. The Morgan fingerprint density at radius 2 is 1.83 bits per heavy atom. The van der Waals surface area contributed by atoms with Crippen LogP contribution in [0.25, 0.3) is 39.5 Å². The third-order valence-electron chi connectivity index (χ3n) is 8.57. The molecule has 1 aromatic carbocycles. The number of pyridine rings is 3. The van der Waals surface area contributed by atoms with Crippen LogP contribution >= 0.6 is 0 Å². The molecule has 4 aromatic heterocycles. The van der Waals surface area contributed by atoms with Crippen molar-refractivity contribution >= 4 is 28.8 Å². The number of methoxy groups -OCH3 is 1. The molecule has 2 aliphatic rings. The van der Waals surface area contributed by atoms with E-state index in [9.17, 15) is 4.79 Å². The fraction of sp³-hybridized carbons (Fsp3) is 0.281. The van der Waals surface area contributed by atoms with Gasteiger partial charge < -0.3 is 15.8 Å². The van der Waals surface area contributed by atoms with E-state index >= 15 is 0 Å². The minimum atomic E-state index is -0.0620. The van der Waals surface area contributed by atoms with Gasteiger partial charge in [0, 0.05) is 18.3 Å². The molecule has 5 aromatic rings. The highest BCUT2D eigenvalue weighted by Gasteiger charge is 2.54. The number of esters is 1. The van der Waals surface area contributed by atoms with E-state index in [1.165, 1.54) is 7.11 Å². The number of fused-ring (bicyclic) bond motifs is 1.